The topological polar surface area (TPSA) is 119 Å². The lowest BCUT2D eigenvalue weighted by Gasteiger charge is -2.36. The van der Waals surface area contributed by atoms with Gasteiger partial charge in [0, 0.05) is 13.0 Å². The fourth-order valence-corrected chi connectivity index (χ4v) is 3.69. The zero-order chi connectivity index (χ0) is 25.9. The monoisotopic (exact) mass is 472 g/mol. The van der Waals surface area contributed by atoms with Gasteiger partial charge in [-0.2, -0.15) is 0 Å². The van der Waals surface area contributed by atoms with E-state index in [0.29, 0.717) is 37.8 Å². The van der Waals surface area contributed by atoms with Gasteiger partial charge in [-0.3, -0.25) is 9.59 Å². The smallest absolute Gasteiger partial charge is 0.407 e. The van der Waals surface area contributed by atoms with Crippen LogP contribution in [0.1, 0.15) is 67.2 Å². The molecule has 0 bridgehead atoms. The Hall–Kier alpha value is -2.93. The number of carbonyl (C=O) groups is 3. The minimum atomic E-state index is -1.04. The maximum Gasteiger partial charge on any atom is 0.407 e. The Labute approximate surface area is 203 Å². The van der Waals surface area contributed by atoms with E-state index in [-0.39, 0.29) is 11.2 Å². The van der Waals surface area contributed by atoms with E-state index in [0.717, 1.165) is 11.1 Å². The molecule has 0 spiro atoms. The molecule has 0 aromatic rings. The van der Waals surface area contributed by atoms with Gasteiger partial charge in [-0.05, 0) is 63.5 Å². The lowest BCUT2D eigenvalue weighted by atomic mass is 9.71. The average molecular weight is 473 g/mol. The summed E-state index contributed by atoms with van der Waals surface area (Å²) >= 11 is 0. The van der Waals surface area contributed by atoms with Crippen LogP contribution < -0.4 is 11.1 Å². The van der Waals surface area contributed by atoms with E-state index in [1.807, 2.05) is 71.1 Å². The first kappa shape index (κ1) is 29.1. The number of hydrogen-bond acceptors (Lipinski definition) is 5. The third kappa shape index (κ3) is 9.51. The van der Waals surface area contributed by atoms with Gasteiger partial charge in [-0.25, -0.2) is 4.79 Å². The Bertz CT molecular complexity index is 906. The van der Waals surface area contributed by atoms with Crippen LogP contribution in [0.4, 0.5) is 4.79 Å². The number of unbranched alkanes of at least 4 members (excludes halogenated alkanes) is 1. The first-order chi connectivity index (χ1) is 15.9. The molecule has 1 amide bonds. The van der Waals surface area contributed by atoms with Gasteiger partial charge >= 0.3 is 12.1 Å². The van der Waals surface area contributed by atoms with E-state index < -0.39 is 24.2 Å². The molecule has 2 atom stereocenters. The third-order valence-electron chi connectivity index (χ3n) is 5.96. The van der Waals surface area contributed by atoms with Crippen LogP contribution in [0.5, 0.6) is 0 Å². The number of Topliss-reactive ketones (excluding diaryl/α,β-unsaturated/α-hetero) is 1. The number of amides is 1. The molecule has 7 nitrogen and oxygen atoms in total. The summed E-state index contributed by atoms with van der Waals surface area (Å²) in [7, 11) is 0. The highest BCUT2D eigenvalue weighted by Gasteiger charge is 2.39. The van der Waals surface area contributed by atoms with Gasteiger partial charge in [0.1, 0.15) is 6.04 Å². The van der Waals surface area contributed by atoms with Crippen LogP contribution in [0, 0.1) is 5.41 Å². The van der Waals surface area contributed by atoms with Crippen LogP contribution in [-0.2, 0) is 14.3 Å². The number of nitrogens with two attached hydrogens (primary N) is 1. The number of aliphatic carboxylic acids is 1. The summed E-state index contributed by atoms with van der Waals surface area (Å²) in [4.78, 5) is 35.8. The Morgan fingerprint density at radius 3 is 2.53 bits per heavy atom. The highest BCUT2D eigenvalue weighted by molar-refractivity contribution is 6.01. The van der Waals surface area contributed by atoms with E-state index in [2.05, 4.69) is 5.32 Å². The van der Waals surface area contributed by atoms with Crippen LogP contribution in [0.3, 0.4) is 0 Å². The van der Waals surface area contributed by atoms with Crippen LogP contribution in [0.25, 0.3) is 0 Å². The van der Waals surface area contributed by atoms with Crippen molar-refractivity contribution in [2.45, 2.75) is 79.4 Å². The number of nitrogens with one attached hydrogen (secondary N) is 1. The lowest BCUT2D eigenvalue weighted by molar-refractivity contribution is -0.138. The number of carboxylic acid groups (broad SMARTS) is 1. The van der Waals surface area contributed by atoms with E-state index in [4.69, 9.17) is 15.6 Å². The number of alkyl carbamates (subject to hydrolysis) is 1. The largest absolute Gasteiger partial charge is 0.480 e. The summed E-state index contributed by atoms with van der Waals surface area (Å²) in [5, 5.41) is 11.4. The van der Waals surface area contributed by atoms with Gasteiger partial charge in [0.2, 0.25) is 0 Å². The van der Waals surface area contributed by atoms with Crippen molar-refractivity contribution in [3.8, 4) is 0 Å². The first-order valence-electron chi connectivity index (χ1n) is 11.7. The second kappa shape index (κ2) is 13.7. The van der Waals surface area contributed by atoms with Crippen molar-refractivity contribution >= 4 is 17.8 Å². The van der Waals surface area contributed by atoms with Crippen molar-refractivity contribution in [1.82, 2.24) is 5.32 Å². The first-order valence-corrected chi connectivity index (χ1v) is 11.7. The Balaban J connectivity index is 2.72. The third-order valence-corrected chi connectivity index (χ3v) is 5.96. The number of carbonyl (C=O) groups excluding carboxylic acids is 2. The zero-order valence-electron chi connectivity index (χ0n) is 21.3. The van der Waals surface area contributed by atoms with Gasteiger partial charge in [-0.15, -0.1) is 0 Å². The Morgan fingerprint density at radius 1 is 1.24 bits per heavy atom. The maximum absolute atomic E-state index is 12.9. The van der Waals surface area contributed by atoms with Crippen molar-refractivity contribution in [2.75, 3.05) is 6.54 Å². The van der Waals surface area contributed by atoms with Crippen molar-refractivity contribution in [2.24, 2.45) is 11.1 Å². The van der Waals surface area contributed by atoms with Gasteiger partial charge < -0.3 is 20.9 Å². The van der Waals surface area contributed by atoms with E-state index in [1.165, 1.54) is 5.57 Å². The second-order valence-electron chi connectivity index (χ2n) is 9.39. The van der Waals surface area contributed by atoms with Crippen LogP contribution in [-0.4, -0.2) is 41.6 Å². The molecule has 0 aromatic heterocycles. The summed E-state index contributed by atoms with van der Waals surface area (Å²) in [5.74, 6) is -1.22. The summed E-state index contributed by atoms with van der Waals surface area (Å²) in [6, 6.07) is -0.898. The molecule has 0 saturated heterocycles. The molecule has 2 unspecified atom stereocenters. The molecule has 0 aliphatic heterocycles. The van der Waals surface area contributed by atoms with Crippen LogP contribution in [0.15, 0.2) is 58.7 Å². The normalized spacial score (nSPS) is 20.2. The van der Waals surface area contributed by atoms with Crippen LogP contribution in [0.2, 0.25) is 0 Å². The zero-order valence-corrected chi connectivity index (χ0v) is 21.3. The minimum absolute atomic E-state index is 0.188. The molecule has 188 valence electrons. The molecule has 1 aliphatic carbocycles. The number of ether oxygens (including phenoxy) is 1. The standard InChI is InChI=1S/C27H40N2O5/c1-7-18(2)11-10-12-19(3)14-15-21-20(4)24(30)23(17-27(21,5)6)34-26(33)29-16-9-8-13-22(28)25(31)32/h7,10-12,14-15,22-23H,8-9,13,16-17,28H2,1-6H3,(H,29,33)(H,31,32). The summed E-state index contributed by atoms with van der Waals surface area (Å²) < 4.78 is 5.43. The van der Waals surface area contributed by atoms with Crippen LogP contribution >= 0.6 is 0 Å². The summed E-state index contributed by atoms with van der Waals surface area (Å²) in [6.45, 7) is 12.2. The van der Waals surface area contributed by atoms with E-state index in [9.17, 15) is 14.4 Å². The van der Waals surface area contributed by atoms with Gasteiger partial charge in [-0.1, -0.05) is 61.4 Å². The molecule has 0 radical (unpaired) electrons. The van der Waals surface area contributed by atoms with Gasteiger partial charge in [0.05, 0.1) is 0 Å². The van der Waals surface area contributed by atoms with E-state index >= 15 is 0 Å². The summed E-state index contributed by atoms with van der Waals surface area (Å²) in [6.07, 6.45) is 12.4. The molecular weight excluding hydrogens is 432 g/mol. The number of ketones is 1. The molecule has 34 heavy (non-hydrogen) atoms. The molecule has 4 N–H and O–H groups in total. The van der Waals surface area contributed by atoms with Crippen molar-refractivity contribution in [1.29, 1.82) is 0 Å². The maximum atomic E-state index is 12.9. The highest BCUT2D eigenvalue weighted by atomic mass is 16.6. The molecule has 1 aliphatic rings. The molecule has 0 saturated carbocycles. The molecule has 7 heteroatoms. The molecule has 0 aromatic carbocycles. The SMILES string of the molecule is CC=C(C)C=CC=C(C)C=CC1=C(C)C(=O)C(OC(=O)NCCCCC(N)C(=O)O)CC1(C)C. The fraction of sp³-hybridized carbons (Fsp3) is 0.519. The number of hydrogen-bond donors (Lipinski definition) is 3. The summed E-state index contributed by atoms with van der Waals surface area (Å²) in [5.41, 5.74) is 8.89. The van der Waals surface area contributed by atoms with Gasteiger partial charge in [0.15, 0.2) is 11.9 Å². The van der Waals surface area contributed by atoms with Gasteiger partial charge in [0.25, 0.3) is 0 Å². The van der Waals surface area contributed by atoms with Crippen molar-refractivity contribution in [3.05, 3.63) is 58.7 Å². The quantitative estimate of drug-likeness (QED) is 0.287. The Morgan fingerprint density at radius 2 is 1.91 bits per heavy atom. The number of carboxylic acids is 1. The molecule has 0 fully saturated rings. The highest BCUT2D eigenvalue weighted by Crippen LogP contribution is 2.40. The molecular formula is C27H40N2O5. The number of allylic oxidation sites excluding steroid dienone is 9. The number of rotatable bonds is 11. The second-order valence-corrected chi connectivity index (χ2v) is 9.39. The lowest BCUT2D eigenvalue weighted by Crippen LogP contribution is -2.41. The minimum Gasteiger partial charge on any atom is -0.480 e. The van der Waals surface area contributed by atoms with Crippen molar-refractivity contribution in [3.63, 3.8) is 0 Å². The predicted octanol–water partition coefficient (Wildman–Crippen LogP) is 5.00. The fourth-order valence-electron chi connectivity index (χ4n) is 3.69. The molecule has 1 rings (SSSR count). The van der Waals surface area contributed by atoms with E-state index in [1.54, 1.807) is 6.92 Å². The predicted molar refractivity (Wildman–Crippen MR) is 135 cm³/mol. The van der Waals surface area contributed by atoms with Crippen molar-refractivity contribution < 1.29 is 24.2 Å². The molecule has 0 heterocycles. The average Bonchev–Trinajstić information content (AvgIpc) is 2.76. The Kier molecular flexibility index (Phi) is 11.7.